The molecule has 0 aliphatic rings. The summed E-state index contributed by atoms with van der Waals surface area (Å²) in [5, 5.41) is 7.72. The van der Waals surface area contributed by atoms with Crippen molar-refractivity contribution in [3.63, 3.8) is 0 Å². The maximum atomic E-state index is 12.8. The van der Waals surface area contributed by atoms with Gasteiger partial charge in [-0.3, -0.25) is 10.1 Å². The number of thioether (sulfide) groups is 1. The lowest BCUT2D eigenvalue weighted by molar-refractivity contribution is 0.102. The molecule has 0 aliphatic carbocycles. The van der Waals surface area contributed by atoms with Crippen LogP contribution in [-0.4, -0.2) is 18.0 Å². The van der Waals surface area contributed by atoms with Gasteiger partial charge in [0.1, 0.15) is 5.75 Å². The maximum Gasteiger partial charge on any atom is 0.258 e. The van der Waals surface area contributed by atoms with Crippen LogP contribution in [0.25, 0.3) is 10.2 Å². The highest BCUT2D eigenvalue weighted by molar-refractivity contribution is 7.98. The number of hydrogen-bond acceptors (Lipinski definition) is 6. The van der Waals surface area contributed by atoms with E-state index in [0.717, 1.165) is 26.6 Å². The number of fused-ring (bicyclic) bond motifs is 1. The molecule has 0 aliphatic heterocycles. The van der Waals surface area contributed by atoms with Crippen LogP contribution in [0.2, 0.25) is 0 Å². The molecule has 0 fully saturated rings. The number of nitrogens with one attached hydrogen (secondary N) is 1. The summed E-state index contributed by atoms with van der Waals surface area (Å²) in [5.74, 6) is 1.47. The van der Waals surface area contributed by atoms with Crippen molar-refractivity contribution in [2.75, 3.05) is 12.4 Å². The second-order valence-corrected chi connectivity index (χ2v) is 8.55. The third-order valence-corrected chi connectivity index (χ3v) is 6.73. The number of methoxy groups -OCH3 is 1. The number of benzene rings is 2. The van der Waals surface area contributed by atoms with Crippen LogP contribution in [-0.2, 0) is 5.75 Å². The lowest BCUT2D eigenvalue weighted by Crippen LogP contribution is -2.12. The van der Waals surface area contributed by atoms with E-state index in [1.807, 2.05) is 42.5 Å². The number of rotatable bonds is 6. The van der Waals surface area contributed by atoms with E-state index in [1.165, 1.54) is 16.9 Å². The average Bonchev–Trinajstić information content (AvgIpc) is 3.35. The molecule has 136 valence electrons. The van der Waals surface area contributed by atoms with E-state index in [2.05, 4.69) is 27.1 Å². The summed E-state index contributed by atoms with van der Waals surface area (Å²) in [6.07, 6.45) is 0. The minimum atomic E-state index is -0.144. The zero-order valence-electron chi connectivity index (χ0n) is 14.5. The van der Waals surface area contributed by atoms with E-state index >= 15 is 0 Å². The molecule has 1 N–H and O–H groups in total. The van der Waals surface area contributed by atoms with Gasteiger partial charge in [-0.25, -0.2) is 4.98 Å². The summed E-state index contributed by atoms with van der Waals surface area (Å²) in [7, 11) is 1.63. The summed E-state index contributed by atoms with van der Waals surface area (Å²) < 4.78 is 6.22. The molecular formula is C20H16N2O2S3. The molecule has 2 aromatic heterocycles. The number of nitrogens with zero attached hydrogens (tertiary/aromatic N) is 1. The molecule has 0 spiro atoms. The van der Waals surface area contributed by atoms with Crippen molar-refractivity contribution in [2.24, 2.45) is 0 Å². The molecule has 0 radical (unpaired) electrons. The van der Waals surface area contributed by atoms with E-state index < -0.39 is 0 Å². The zero-order valence-corrected chi connectivity index (χ0v) is 16.9. The summed E-state index contributed by atoms with van der Waals surface area (Å²) in [6.45, 7) is 0. The normalized spacial score (nSPS) is 10.9. The standard InChI is InChI=1S/C20H16N2O2S3/c1-24-14-6-7-16-18(10-14)27-20(21-16)22-19(23)15-4-2-3-5-17(15)26-12-13-8-9-25-11-13/h2-11H,12H2,1H3,(H,21,22,23). The smallest absolute Gasteiger partial charge is 0.258 e. The fourth-order valence-corrected chi connectivity index (χ4v) is 5.22. The number of aromatic nitrogens is 1. The molecular weight excluding hydrogens is 396 g/mol. The third-order valence-electron chi connectivity index (χ3n) is 3.92. The minimum absolute atomic E-state index is 0.144. The summed E-state index contributed by atoms with van der Waals surface area (Å²) >= 11 is 4.79. The average molecular weight is 413 g/mol. The van der Waals surface area contributed by atoms with Crippen LogP contribution in [0.5, 0.6) is 5.75 Å². The highest BCUT2D eigenvalue weighted by atomic mass is 32.2. The Hall–Kier alpha value is -2.35. The van der Waals surface area contributed by atoms with Crippen LogP contribution < -0.4 is 10.1 Å². The van der Waals surface area contributed by atoms with Gasteiger partial charge in [0.05, 0.1) is 22.9 Å². The van der Waals surface area contributed by atoms with Crippen molar-refractivity contribution in [3.05, 3.63) is 70.4 Å². The monoisotopic (exact) mass is 412 g/mol. The fraction of sp³-hybridized carbons (Fsp3) is 0.100. The van der Waals surface area contributed by atoms with E-state index in [1.54, 1.807) is 30.2 Å². The molecule has 4 nitrogen and oxygen atoms in total. The maximum absolute atomic E-state index is 12.8. The third kappa shape index (κ3) is 4.16. The minimum Gasteiger partial charge on any atom is -0.497 e. The Morgan fingerprint density at radius 1 is 1.22 bits per heavy atom. The van der Waals surface area contributed by atoms with Crippen LogP contribution in [0, 0.1) is 0 Å². The van der Waals surface area contributed by atoms with Crippen molar-refractivity contribution in [2.45, 2.75) is 10.6 Å². The van der Waals surface area contributed by atoms with Crippen LogP contribution in [0.3, 0.4) is 0 Å². The Kier molecular flexibility index (Phi) is 5.42. The predicted octanol–water partition coefficient (Wildman–Crippen LogP) is 5.91. The molecule has 0 bridgehead atoms. The first kappa shape index (κ1) is 18.0. The van der Waals surface area contributed by atoms with Gasteiger partial charge < -0.3 is 4.74 Å². The van der Waals surface area contributed by atoms with Crippen LogP contribution in [0.1, 0.15) is 15.9 Å². The Labute approximate surface area is 169 Å². The molecule has 0 atom stereocenters. The Morgan fingerprint density at radius 3 is 2.93 bits per heavy atom. The Balaban J connectivity index is 1.52. The zero-order chi connectivity index (χ0) is 18.6. The van der Waals surface area contributed by atoms with Crippen LogP contribution in [0.4, 0.5) is 5.13 Å². The number of amides is 1. The number of ether oxygens (including phenoxy) is 1. The van der Waals surface area contributed by atoms with Gasteiger partial charge in [0, 0.05) is 10.6 Å². The van der Waals surface area contributed by atoms with E-state index in [0.29, 0.717) is 10.7 Å². The number of thiophene rings is 1. The second kappa shape index (κ2) is 8.12. The van der Waals surface area contributed by atoms with Crippen molar-refractivity contribution in [1.29, 1.82) is 0 Å². The van der Waals surface area contributed by atoms with Gasteiger partial charge in [0.25, 0.3) is 5.91 Å². The highest BCUT2D eigenvalue weighted by Gasteiger charge is 2.14. The summed E-state index contributed by atoms with van der Waals surface area (Å²) in [5.41, 5.74) is 2.77. The SMILES string of the molecule is COc1ccc2nc(NC(=O)c3ccccc3SCc3ccsc3)sc2c1. The quantitative estimate of drug-likeness (QED) is 0.400. The van der Waals surface area contributed by atoms with Crippen LogP contribution in [0.15, 0.2) is 64.2 Å². The van der Waals surface area contributed by atoms with E-state index in [9.17, 15) is 4.79 Å². The molecule has 1 amide bonds. The van der Waals surface area contributed by atoms with Crippen molar-refractivity contribution >= 4 is 55.7 Å². The van der Waals surface area contributed by atoms with Crippen molar-refractivity contribution < 1.29 is 9.53 Å². The summed E-state index contributed by atoms with van der Waals surface area (Å²) in [6, 6.07) is 15.5. The van der Waals surface area contributed by atoms with Gasteiger partial charge in [-0.2, -0.15) is 11.3 Å². The van der Waals surface area contributed by atoms with Gasteiger partial charge in [-0.05, 0) is 52.7 Å². The largest absolute Gasteiger partial charge is 0.497 e. The van der Waals surface area contributed by atoms with Crippen molar-refractivity contribution in [3.8, 4) is 5.75 Å². The number of anilines is 1. The summed E-state index contributed by atoms with van der Waals surface area (Å²) in [4.78, 5) is 18.3. The number of thiazole rings is 1. The van der Waals surface area contributed by atoms with Gasteiger partial charge in [0.2, 0.25) is 0 Å². The molecule has 2 aromatic carbocycles. The molecule has 4 rings (SSSR count). The number of hydrogen-bond donors (Lipinski definition) is 1. The second-order valence-electron chi connectivity index (χ2n) is 5.72. The fourth-order valence-electron chi connectivity index (χ4n) is 2.57. The lowest BCUT2D eigenvalue weighted by atomic mass is 10.2. The van der Waals surface area contributed by atoms with Crippen molar-refractivity contribution in [1.82, 2.24) is 4.98 Å². The Morgan fingerprint density at radius 2 is 2.11 bits per heavy atom. The first-order valence-electron chi connectivity index (χ1n) is 8.22. The first-order chi connectivity index (χ1) is 13.2. The molecule has 4 aromatic rings. The van der Waals surface area contributed by atoms with E-state index in [-0.39, 0.29) is 5.91 Å². The lowest BCUT2D eigenvalue weighted by Gasteiger charge is -2.08. The first-order valence-corrected chi connectivity index (χ1v) is 11.0. The molecule has 0 saturated carbocycles. The van der Waals surface area contributed by atoms with Gasteiger partial charge in [-0.1, -0.05) is 23.5 Å². The van der Waals surface area contributed by atoms with Gasteiger partial charge >= 0.3 is 0 Å². The molecule has 2 heterocycles. The molecule has 7 heteroatoms. The predicted molar refractivity (Wildman–Crippen MR) is 114 cm³/mol. The topological polar surface area (TPSA) is 51.2 Å². The Bertz CT molecular complexity index is 1070. The number of carbonyl (C=O) groups excluding carboxylic acids is 1. The molecule has 0 saturated heterocycles. The highest BCUT2D eigenvalue weighted by Crippen LogP contribution is 2.31. The molecule has 0 unspecified atom stereocenters. The van der Waals surface area contributed by atoms with E-state index in [4.69, 9.17) is 4.74 Å². The van der Waals surface area contributed by atoms with Gasteiger partial charge in [0.15, 0.2) is 5.13 Å². The molecule has 27 heavy (non-hydrogen) atoms. The number of carbonyl (C=O) groups is 1. The van der Waals surface area contributed by atoms with Crippen LogP contribution >= 0.6 is 34.4 Å². The van der Waals surface area contributed by atoms with Gasteiger partial charge in [-0.15, -0.1) is 11.8 Å².